The zero-order valence-electron chi connectivity index (χ0n) is 13.3. The summed E-state index contributed by atoms with van der Waals surface area (Å²) in [6, 6.07) is 9.27. The lowest BCUT2D eigenvalue weighted by atomic mass is 9.74. The first-order valence-corrected chi connectivity index (χ1v) is 8.00. The maximum atomic E-state index is 4.42. The fraction of sp³-hybridized carbons (Fsp3) is 0.500. The van der Waals surface area contributed by atoms with E-state index in [1.807, 2.05) is 17.9 Å². The summed E-state index contributed by atoms with van der Waals surface area (Å²) in [4.78, 5) is 0. The van der Waals surface area contributed by atoms with Crippen LogP contribution < -0.4 is 5.32 Å². The third-order valence-corrected chi connectivity index (χ3v) is 4.77. The molecule has 3 nitrogen and oxygen atoms in total. The fourth-order valence-corrected chi connectivity index (χ4v) is 3.35. The lowest BCUT2D eigenvalue weighted by Gasteiger charge is -2.33. The number of rotatable bonds is 6. The molecule has 2 atom stereocenters. The molecule has 1 aliphatic carbocycles. The van der Waals surface area contributed by atoms with Crippen LogP contribution in [0.3, 0.4) is 0 Å². The Morgan fingerprint density at radius 2 is 2.19 bits per heavy atom. The van der Waals surface area contributed by atoms with Gasteiger partial charge in [-0.2, -0.15) is 5.10 Å². The Hall–Kier alpha value is -1.61. The lowest BCUT2D eigenvalue weighted by Crippen LogP contribution is -2.28. The van der Waals surface area contributed by atoms with Gasteiger partial charge in [0.25, 0.3) is 0 Å². The zero-order valence-corrected chi connectivity index (χ0v) is 13.3. The molecule has 3 heteroatoms. The van der Waals surface area contributed by atoms with Crippen LogP contribution in [0.2, 0.25) is 0 Å². The molecule has 0 amide bonds. The summed E-state index contributed by atoms with van der Waals surface area (Å²) >= 11 is 0. The number of fused-ring (bicyclic) bond motifs is 1. The molecular weight excluding hydrogens is 258 g/mol. The summed E-state index contributed by atoms with van der Waals surface area (Å²) in [6.45, 7) is 5.45. The maximum Gasteiger partial charge on any atom is 0.0540 e. The summed E-state index contributed by atoms with van der Waals surface area (Å²) < 4.78 is 1.98. The molecule has 1 aliphatic rings. The van der Waals surface area contributed by atoms with E-state index < -0.39 is 0 Å². The molecular formula is C18H25N3. The third kappa shape index (κ3) is 2.75. The van der Waals surface area contributed by atoms with Crippen molar-refractivity contribution in [2.24, 2.45) is 7.05 Å². The van der Waals surface area contributed by atoms with Gasteiger partial charge in [-0.3, -0.25) is 4.68 Å². The molecule has 0 radical (unpaired) electrons. The van der Waals surface area contributed by atoms with E-state index in [1.165, 1.54) is 29.7 Å². The highest BCUT2D eigenvalue weighted by Crippen LogP contribution is 2.41. The monoisotopic (exact) mass is 283 g/mol. The molecule has 0 bridgehead atoms. The second-order valence-electron chi connectivity index (χ2n) is 6.15. The van der Waals surface area contributed by atoms with Crippen molar-refractivity contribution in [2.45, 2.75) is 45.1 Å². The van der Waals surface area contributed by atoms with Crippen molar-refractivity contribution in [3.05, 3.63) is 52.8 Å². The van der Waals surface area contributed by atoms with Gasteiger partial charge in [-0.1, -0.05) is 31.2 Å². The molecule has 0 saturated heterocycles. The lowest BCUT2D eigenvalue weighted by molar-refractivity contribution is 0.426. The highest BCUT2D eigenvalue weighted by molar-refractivity contribution is 5.40. The third-order valence-electron chi connectivity index (χ3n) is 4.77. The highest BCUT2D eigenvalue weighted by Gasteiger charge is 2.29. The predicted molar refractivity (Wildman–Crippen MR) is 86.5 cm³/mol. The minimum absolute atomic E-state index is 0.414. The second kappa shape index (κ2) is 6.02. The van der Waals surface area contributed by atoms with Gasteiger partial charge in [-0.15, -0.1) is 0 Å². The van der Waals surface area contributed by atoms with Crippen LogP contribution in [0.4, 0.5) is 0 Å². The Kier molecular flexibility index (Phi) is 4.11. The van der Waals surface area contributed by atoms with Gasteiger partial charge in [0.2, 0.25) is 0 Å². The first-order valence-electron chi connectivity index (χ1n) is 8.00. The first kappa shape index (κ1) is 14.3. The Morgan fingerprint density at radius 1 is 1.38 bits per heavy atom. The van der Waals surface area contributed by atoms with Crippen LogP contribution in [0.25, 0.3) is 0 Å². The summed E-state index contributed by atoms with van der Waals surface area (Å²) in [5.74, 6) is 0.690. The van der Waals surface area contributed by atoms with Crippen LogP contribution in [0.5, 0.6) is 0 Å². The van der Waals surface area contributed by atoms with E-state index in [1.54, 1.807) is 5.56 Å². The quantitative estimate of drug-likeness (QED) is 0.879. The Labute approximate surface area is 127 Å². The van der Waals surface area contributed by atoms with E-state index in [0.717, 1.165) is 13.0 Å². The molecule has 1 heterocycles. The van der Waals surface area contributed by atoms with Crippen LogP contribution in [-0.2, 0) is 13.5 Å². The second-order valence-corrected chi connectivity index (χ2v) is 6.15. The van der Waals surface area contributed by atoms with Gasteiger partial charge in [0, 0.05) is 24.3 Å². The van der Waals surface area contributed by atoms with E-state index in [4.69, 9.17) is 0 Å². The minimum atomic E-state index is 0.414. The topological polar surface area (TPSA) is 29.9 Å². The number of hydrogen-bond acceptors (Lipinski definition) is 2. The van der Waals surface area contributed by atoms with Crippen LogP contribution in [0.15, 0.2) is 30.5 Å². The van der Waals surface area contributed by atoms with Crippen molar-refractivity contribution in [3.63, 3.8) is 0 Å². The number of aryl methyl sites for hydroxylation is 1. The molecule has 2 aromatic rings. The maximum absolute atomic E-state index is 4.42. The standard InChI is InChI=1S/C18H25N3/c1-4-9-19-18(17-12-20-21(3)13(17)2)11-15-10-14-7-5-6-8-16(14)15/h5-8,12,15,18-19H,4,9-11H2,1-3H3. The van der Waals surface area contributed by atoms with Crippen molar-refractivity contribution in [3.8, 4) is 0 Å². The number of benzene rings is 1. The average molecular weight is 283 g/mol. The van der Waals surface area contributed by atoms with Crippen molar-refractivity contribution in [1.82, 2.24) is 15.1 Å². The van der Waals surface area contributed by atoms with E-state index in [9.17, 15) is 0 Å². The van der Waals surface area contributed by atoms with Crippen molar-refractivity contribution in [1.29, 1.82) is 0 Å². The smallest absolute Gasteiger partial charge is 0.0540 e. The van der Waals surface area contributed by atoms with Gasteiger partial charge >= 0.3 is 0 Å². The van der Waals surface area contributed by atoms with Gasteiger partial charge in [-0.25, -0.2) is 0 Å². The van der Waals surface area contributed by atoms with Crippen molar-refractivity contribution in [2.75, 3.05) is 6.54 Å². The molecule has 112 valence electrons. The summed E-state index contributed by atoms with van der Waals surface area (Å²) in [6.07, 6.45) is 5.59. The predicted octanol–water partition coefficient (Wildman–Crippen LogP) is 3.50. The fourth-order valence-electron chi connectivity index (χ4n) is 3.35. The van der Waals surface area contributed by atoms with Gasteiger partial charge in [0.15, 0.2) is 0 Å². The van der Waals surface area contributed by atoms with Crippen molar-refractivity contribution < 1.29 is 0 Å². The van der Waals surface area contributed by atoms with Crippen LogP contribution >= 0.6 is 0 Å². The molecule has 3 rings (SSSR count). The Balaban J connectivity index is 1.77. The average Bonchev–Trinajstić information content (AvgIpc) is 2.80. The molecule has 0 aliphatic heterocycles. The number of hydrogen-bond donors (Lipinski definition) is 1. The van der Waals surface area contributed by atoms with Gasteiger partial charge in [-0.05, 0) is 49.8 Å². The Bertz CT molecular complexity index is 615. The number of nitrogens with one attached hydrogen (secondary N) is 1. The van der Waals surface area contributed by atoms with E-state index >= 15 is 0 Å². The highest BCUT2D eigenvalue weighted by atomic mass is 15.3. The summed E-state index contributed by atoms with van der Waals surface area (Å²) in [5, 5.41) is 8.13. The van der Waals surface area contributed by atoms with E-state index in [-0.39, 0.29) is 0 Å². The largest absolute Gasteiger partial charge is 0.310 e. The van der Waals surface area contributed by atoms with E-state index in [2.05, 4.69) is 48.5 Å². The molecule has 1 aromatic carbocycles. The van der Waals surface area contributed by atoms with Crippen molar-refractivity contribution >= 4 is 0 Å². The normalized spacial score (nSPS) is 18.1. The molecule has 0 saturated carbocycles. The Morgan fingerprint density at radius 3 is 2.86 bits per heavy atom. The molecule has 21 heavy (non-hydrogen) atoms. The minimum Gasteiger partial charge on any atom is -0.310 e. The van der Waals surface area contributed by atoms with E-state index in [0.29, 0.717) is 12.0 Å². The molecule has 0 fully saturated rings. The van der Waals surface area contributed by atoms with Crippen LogP contribution in [0, 0.1) is 6.92 Å². The summed E-state index contributed by atoms with van der Waals surface area (Å²) in [5.41, 5.74) is 5.70. The van der Waals surface area contributed by atoms with Gasteiger partial charge in [0.1, 0.15) is 0 Å². The molecule has 1 aromatic heterocycles. The summed E-state index contributed by atoms with van der Waals surface area (Å²) in [7, 11) is 2.02. The van der Waals surface area contributed by atoms with Gasteiger partial charge in [0.05, 0.1) is 6.20 Å². The SMILES string of the molecule is CCCNC(CC1Cc2ccccc21)c1cnn(C)c1C. The van der Waals surface area contributed by atoms with Crippen LogP contribution in [0.1, 0.15) is 54.1 Å². The molecule has 1 N–H and O–H groups in total. The molecule has 2 unspecified atom stereocenters. The van der Waals surface area contributed by atoms with Crippen LogP contribution in [-0.4, -0.2) is 16.3 Å². The number of aromatic nitrogens is 2. The molecule has 0 spiro atoms. The van der Waals surface area contributed by atoms with Gasteiger partial charge < -0.3 is 5.32 Å². The first-order chi connectivity index (χ1) is 10.2. The number of nitrogens with zero attached hydrogens (tertiary/aromatic N) is 2. The zero-order chi connectivity index (χ0) is 14.8.